The highest BCUT2D eigenvalue weighted by Gasteiger charge is 2.34. The molecule has 152 valence electrons. The van der Waals surface area contributed by atoms with Crippen LogP contribution in [0.15, 0.2) is 41.8 Å². The van der Waals surface area contributed by atoms with Gasteiger partial charge in [-0.15, -0.1) is 0 Å². The van der Waals surface area contributed by atoms with Gasteiger partial charge in [0, 0.05) is 32.4 Å². The molecule has 1 saturated heterocycles. The highest BCUT2D eigenvalue weighted by Crippen LogP contribution is 2.23. The van der Waals surface area contributed by atoms with Gasteiger partial charge in [0.05, 0.1) is 19.4 Å². The second-order valence-electron chi connectivity index (χ2n) is 6.81. The predicted octanol–water partition coefficient (Wildman–Crippen LogP) is 1.63. The lowest BCUT2D eigenvalue weighted by molar-refractivity contribution is -0.126. The van der Waals surface area contributed by atoms with Crippen LogP contribution in [0.1, 0.15) is 25.3 Å². The molecule has 0 aliphatic carbocycles. The minimum Gasteiger partial charge on any atom is -0.497 e. The summed E-state index contributed by atoms with van der Waals surface area (Å²) in [6, 6.07) is 7.46. The Morgan fingerprint density at radius 2 is 2.07 bits per heavy atom. The number of imidazole rings is 1. The normalized spacial score (nSPS) is 18.0. The summed E-state index contributed by atoms with van der Waals surface area (Å²) in [6.45, 7) is 3.55. The van der Waals surface area contributed by atoms with Gasteiger partial charge in [-0.3, -0.25) is 4.79 Å². The summed E-state index contributed by atoms with van der Waals surface area (Å²) in [5, 5.41) is 2.95. The number of hydrogen-bond donors (Lipinski definition) is 1. The molecule has 2 aromatic rings. The molecule has 0 saturated carbocycles. The average Bonchev–Trinajstić information content (AvgIpc) is 3.22. The van der Waals surface area contributed by atoms with E-state index >= 15 is 0 Å². The van der Waals surface area contributed by atoms with Crippen LogP contribution >= 0.6 is 0 Å². The summed E-state index contributed by atoms with van der Waals surface area (Å²) in [6.07, 6.45) is 4.36. The number of nitrogens with one attached hydrogen (secondary N) is 1. The van der Waals surface area contributed by atoms with Crippen LogP contribution in [-0.2, 0) is 27.9 Å². The van der Waals surface area contributed by atoms with E-state index in [0.29, 0.717) is 32.5 Å². The van der Waals surface area contributed by atoms with Crippen LogP contribution in [-0.4, -0.2) is 48.4 Å². The number of hydrogen-bond acceptors (Lipinski definition) is 5. The van der Waals surface area contributed by atoms with E-state index in [-0.39, 0.29) is 23.4 Å². The van der Waals surface area contributed by atoms with Gasteiger partial charge >= 0.3 is 0 Å². The highest BCUT2D eigenvalue weighted by molar-refractivity contribution is 7.89. The van der Waals surface area contributed by atoms with Gasteiger partial charge in [0.1, 0.15) is 5.75 Å². The van der Waals surface area contributed by atoms with Gasteiger partial charge in [0.15, 0.2) is 5.03 Å². The Kier molecular flexibility index (Phi) is 6.35. The zero-order valence-electron chi connectivity index (χ0n) is 16.2. The van der Waals surface area contributed by atoms with Crippen LogP contribution in [0.25, 0.3) is 0 Å². The van der Waals surface area contributed by atoms with Gasteiger partial charge in [-0.2, -0.15) is 4.31 Å². The smallest absolute Gasteiger partial charge is 0.262 e. The second kappa shape index (κ2) is 8.74. The lowest BCUT2D eigenvalue weighted by Gasteiger charge is -2.30. The van der Waals surface area contributed by atoms with Crippen LogP contribution in [0.5, 0.6) is 5.75 Å². The van der Waals surface area contributed by atoms with Gasteiger partial charge in [-0.25, -0.2) is 13.4 Å². The molecule has 1 amide bonds. The van der Waals surface area contributed by atoms with E-state index in [2.05, 4.69) is 10.3 Å². The van der Waals surface area contributed by atoms with Crippen molar-refractivity contribution in [3.63, 3.8) is 0 Å². The summed E-state index contributed by atoms with van der Waals surface area (Å²) >= 11 is 0. The fourth-order valence-corrected chi connectivity index (χ4v) is 4.69. The zero-order valence-corrected chi connectivity index (χ0v) is 17.0. The predicted molar refractivity (Wildman–Crippen MR) is 104 cm³/mol. The first-order valence-electron chi connectivity index (χ1n) is 9.36. The number of carbonyl (C=O) groups is 1. The third-order valence-electron chi connectivity index (χ3n) is 4.96. The first-order valence-corrected chi connectivity index (χ1v) is 10.8. The maximum absolute atomic E-state index is 12.8. The number of aryl methyl sites for hydroxylation is 1. The third kappa shape index (κ3) is 4.53. The molecule has 1 aromatic heterocycles. The van der Waals surface area contributed by atoms with Gasteiger partial charge in [-0.05, 0) is 37.5 Å². The Morgan fingerprint density at radius 3 is 2.71 bits per heavy atom. The largest absolute Gasteiger partial charge is 0.497 e. The van der Waals surface area contributed by atoms with E-state index in [1.807, 2.05) is 31.2 Å². The van der Waals surface area contributed by atoms with Gasteiger partial charge in [0.2, 0.25) is 5.91 Å². The average molecular weight is 407 g/mol. The number of rotatable bonds is 7. The summed E-state index contributed by atoms with van der Waals surface area (Å²) < 4.78 is 33.9. The molecule has 3 rings (SSSR count). The Labute approximate surface area is 165 Å². The van der Waals surface area contributed by atoms with Gasteiger partial charge < -0.3 is 14.6 Å². The number of ether oxygens (including phenoxy) is 1. The minimum atomic E-state index is -3.69. The van der Waals surface area contributed by atoms with Crippen molar-refractivity contribution in [3.05, 3.63) is 42.4 Å². The van der Waals surface area contributed by atoms with Gasteiger partial charge in [0.25, 0.3) is 10.0 Å². The van der Waals surface area contributed by atoms with E-state index in [0.717, 1.165) is 11.3 Å². The number of piperidine rings is 1. The Hall–Kier alpha value is -2.39. The number of nitrogens with zero attached hydrogens (tertiary/aromatic N) is 3. The molecule has 1 aliphatic rings. The lowest BCUT2D eigenvalue weighted by Crippen LogP contribution is -2.45. The Balaban J connectivity index is 1.61. The molecule has 1 aromatic carbocycles. The highest BCUT2D eigenvalue weighted by atomic mass is 32.2. The number of benzene rings is 1. The molecule has 0 spiro atoms. The van der Waals surface area contributed by atoms with E-state index in [1.165, 1.54) is 16.8 Å². The summed E-state index contributed by atoms with van der Waals surface area (Å²) in [5.41, 5.74) is 0.958. The molecule has 0 bridgehead atoms. The van der Waals surface area contributed by atoms with E-state index in [1.54, 1.807) is 11.7 Å². The standard InChI is InChI=1S/C19H26N4O4S/c1-3-22-13-18(21-14-22)28(25,26)23-10-4-5-16(12-23)19(24)20-11-15-6-8-17(27-2)9-7-15/h6-9,13-14,16H,3-5,10-12H2,1-2H3,(H,20,24)/t16-/m0/s1. The number of methoxy groups -OCH3 is 1. The summed E-state index contributed by atoms with van der Waals surface area (Å²) in [4.78, 5) is 16.6. The van der Waals surface area contributed by atoms with Crippen LogP contribution in [0.4, 0.5) is 0 Å². The van der Waals surface area contributed by atoms with Crippen molar-refractivity contribution in [2.24, 2.45) is 5.92 Å². The zero-order chi connectivity index (χ0) is 20.1. The molecule has 8 nitrogen and oxygen atoms in total. The van der Waals surface area contributed by atoms with Gasteiger partial charge in [-0.1, -0.05) is 12.1 Å². The molecule has 1 atom stereocenters. The maximum Gasteiger partial charge on any atom is 0.262 e. The summed E-state index contributed by atoms with van der Waals surface area (Å²) in [7, 11) is -2.08. The topological polar surface area (TPSA) is 93.5 Å². The molecule has 2 heterocycles. The van der Waals surface area contributed by atoms with Crippen molar-refractivity contribution in [3.8, 4) is 5.75 Å². The number of aromatic nitrogens is 2. The van der Waals surface area contributed by atoms with Crippen LogP contribution in [0.2, 0.25) is 0 Å². The Bertz CT molecular complexity index is 908. The van der Waals surface area contributed by atoms with Crippen molar-refractivity contribution < 1.29 is 17.9 Å². The first-order chi connectivity index (χ1) is 13.4. The molecular weight excluding hydrogens is 380 g/mol. The molecule has 1 N–H and O–H groups in total. The number of amides is 1. The molecule has 0 unspecified atom stereocenters. The number of carbonyl (C=O) groups excluding carboxylic acids is 1. The minimum absolute atomic E-state index is 0.0358. The molecule has 1 aliphatic heterocycles. The summed E-state index contributed by atoms with van der Waals surface area (Å²) in [5.74, 6) is 0.263. The van der Waals surface area contributed by atoms with Crippen molar-refractivity contribution in [1.82, 2.24) is 19.2 Å². The molecule has 0 radical (unpaired) electrons. The quantitative estimate of drug-likeness (QED) is 0.754. The molecule has 9 heteroatoms. The molecular formula is C19H26N4O4S. The maximum atomic E-state index is 12.8. The second-order valence-corrected chi connectivity index (χ2v) is 8.70. The van der Waals surface area contributed by atoms with Crippen molar-refractivity contribution >= 4 is 15.9 Å². The van der Waals surface area contributed by atoms with Crippen LogP contribution in [0.3, 0.4) is 0 Å². The third-order valence-corrected chi connectivity index (χ3v) is 6.71. The van der Waals surface area contributed by atoms with E-state index < -0.39 is 10.0 Å². The van der Waals surface area contributed by atoms with E-state index in [4.69, 9.17) is 4.74 Å². The number of sulfonamides is 1. The monoisotopic (exact) mass is 406 g/mol. The first kappa shape index (κ1) is 20.3. The van der Waals surface area contributed by atoms with E-state index in [9.17, 15) is 13.2 Å². The van der Waals surface area contributed by atoms with Crippen molar-refractivity contribution in [2.45, 2.75) is 37.9 Å². The molecule has 1 fully saturated rings. The van der Waals surface area contributed by atoms with Crippen molar-refractivity contribution in [2.75, 3.05) is 20.2 Å². The fourth-order valence-electron chi connectivity index (χ4n) is 3.23. The molecule has 28 heavy (non-hydrogen) atoms. The van der Waals surface area contributed by atoms with Crippen LogP contribution < -0.4 is 10.1 Å². The fraction of sp³-hybridized carbons (Fsp3) is 0.474. The van der Waals surface area contributed by atoms with Crippen molar-refractivity contribution in [1.29, 1.82) is 0 Å². The lowest BCUT2D eigenvalue weighted by atomic mass is 9.99. The SMILES string of the molecule is CCn1cnc(S(=O)(=O)N2CCC[C@H](C(=O)NCc3ccc(OC)cc3)C2)c1. The Morgan fingerprint density at radius 1 is 1.32 bits per heavy atom. The van der Waals surface area contributed by atoms with Crippen LogP contribution in [0, 0.1) is 5.92 Å².